The third-order valence-corrected chi connectivity index (χ3v) is 2.36. The Morgan fingerprint density at radius 3 is 2.82 bits per heavy atom. The van der Waals surface area contributed by atoms with Crippen LogP contribution in [0.2, 0.25) is 5.02 Å². The van der Waals surface area contributed by atoms with E-state index < -0.39 is 0 Å². The van der Waals surface area contributed by atoms with Gasteiger partial charge in [-0.25, -0.2) is 0 Å². The lowest BCUT2D eigenvalue weighted by atomic mass is 10.4. The van der Waals surface area contributed by atoms with Crippen LogP contribution in [0.3, 0.4) is 0 Å². The number of hydrogen-bond acceptors (Lipinski definition) is 3. The van der Waals surface area contributed by atoms with E-state index in [1.54, 1.807) is 5.55 Å². The van der Waals surface area contributed by atoms with Gasteiger partial charge in [0.1, 0.15) is 0 Å². The summed E-state index contributed by atoms with van der Waals surface area (Å²) in [5.41, 5.74) is 1.54. The molecule has 2 nitrogen and oxygen atoms in total. The van der Waals surface area contributed by atoms with Crippen molar-refractivity contribution in [2.45, 2.75) is 4.90 Å². The molecule has 0 aliphatic rings. The van der Waals surface area contributed by atoms with E-state index in [-0.39, 0.29) is 0 Å². The topological polar surface area (TPSA) is 38.4 Å². The number of benzene rings is 1. The molecular weight excluding hydrogens is 180 g/mol. The van der Waals surface area contributed by atoms with Crippen molar-refractivity contribution in [3.8, 4) is 0 Å². The predicted molar refractivity (Wildman–Crippen MR) is 50.0 cm³/mol. The lowest BCUT2D eigenvalue weighted by molar-refractivity contribution is 1.27. The van der Waals surface area contributed by atoms with Gasteiger partial charge in [-0.3, -0.25) is 0 Å². The van der Waals surface area contributed by atoms with Crippen molar-refractivity contribution in [3.05, 3.63) is 29.3 Å². The average molecular weight is 187 g/mol. The van der Waals surface area contributed by atoms with E-state index in [9.17, 15) is 0 Å². The molecule has 0 saturated heterocycles. The molecule has 0 aliphatic carbocycles. The quantitative estimate of drug-likeness (QED) is 0.253. The van der Waals surface area contributed by atoms with E-state index in [1.165, 1.54) is 11.8 Å². The summed E-state index contributed by atoms with van der Waals surface area (Å²) in [5.74, 6) is 4.93. The van der Waals surface area contributed by atoms with Crippen LogP contribution in [0.15, 0.2) is 34.3 Å². The van der Waals surface area contributed by atoms with Crippen molar-refractivity contribution in [2.24, 2.45) is 10.9 Å². The molecule has 0 atom stereocenters. The molecule has 1 aromatic carbocycles. The SMILES string of the molecule is N/N=C/Sc1ccccc1Cl. The van der Waals surface area contributed by atoms with Crippen molar-refractivity contribution in [1.82, 2.24) is 0 Å². The predicted octanol–water partition coefficient (Wildman–Crippen LogP) is 2.33. The number of thioether (sulfide) groups is 1. The molecule has 58 valence electrons. The Kier molecular flexibility index (Phi) is 3.26. The summed E-state index contributed by atoms with van der Waals surface area (Å²) in [4.78, 5) is 0.961. The smallest absolute Gasteiger partial charge is 0.0843 e. The first-order valence-corrected chi connectivity index (χ1v) is 4.23. The van der Waals surface area contributed by atoms with Crippen molar-refractivity contribution in [3.63, 3.8) is 0 Å². The van der Waals surface area contributed by atoms with Gasteiger partial charge in [0.25, 0.3) is 0 Å². The molecule has 0 amide bonds. The summed E-state index contributed by atoms with van der Waals surface area (Å²) < 4.78 is 0. The highest BCUT2D eigenvalue weighted by molar-refractivity contribution is 8.12. The largest absolute Gasteiger partial charge is 0.323 e. The molecule has 0 bridgehead atoms. The van der Waals surface area contributed by atoms with Crippen LogP contribution < -0.4 is 5.84 Å². The highest BCUT2D eigenvalue weighted by atomic mass is 35.5. The zero-order valence-corrected chi connectivity index (χ0v) is 7.27. The molecule has 2 N–H and O–H groups in total. The lowest BCUT2D eigenvalue weighted by Crippen LogP contribution is -1.79. The molecule has 0 spiro atoms. The van der Waals surface area contributed by atoms with Gasteiger partial charge in [0.15, 0.2) is 0 Å². The summed E-state index contributed by atoms with van der Waals surface area (Å²) in [5, 5.41) is 4.07. The van der Waals surface area contributed by atoms with Gasteiger partial charge >= 0.3 is 0 Å². The van der Waals surface area contributed by atoms with Crippen LogP contribution in [-0.2, 0) is 0 Å². The molecule has 1 rings (SSSR count). The highest BCUT2D eigenvalue weighted by Crippen LogP contribution is 2.24. The molecule has 0 aromatic heterocycles. The zero-order chi connectivity index (χ0) is 8.10. The summed E-state index contributed by atoms with van der Waals surface area (Å²) in [7, 11) is 0. The summed E-state index contributed by atoms with van der Waals surface area (Å²) in [6.45, 7) is 0. The monoisotopic (exact) mass is 186 g/mol. The normalized spacial score (nSPS) is 10.6. The second-order valence-corrected chi connectivity index (χ2v) is 3.10. The highest BCUT2D eigenvalue weighted by Gasteiger charge is 1.95. The minimum atomic E-state index is 0.720. The summed E-state index contributed by atoms with van der Waals surface area (Å²) >= 11 is 7.24. The number of rotatable bonds is 2. The van der Waals surface area contributed by atoms with Gasteiger partial charge < -0.3 is 5.84 Å². The Labute approximate surface area is 74.4 Å². The minimum Gasteiger partial charge on any atom is -0.323 e. The van der Waals surface area contributed by atoms with E-state index in [2.05, 4.69) is 5.10 Å². The van der Waals surface area contributed by atoms with Gasteiger partial charge in [0, 0.05) is 4.90 Å². The van der Waals surface area contributed by atoms with Gasteiger partial charge in [-0.05, 0) is 12.1 Å². The van der Waals surface area contributed by atoms with Crippen LogP contribution in [0.5, 0.6) is 0 Å². The lowest BCUT2D eigenvalue weighted by Gasteiger charge is -1.96. The van der Waals surface area contributed by atoms with Crippen molar-refractivity contribution < 1.29 is 0 Å². The Morgan fingerprint density at radius 2 is 2.18 bits per heavy atom. The first-order valence-electron chi connectivity index (χ1n) is 2.97. The van der Waals surface area contributed by atoms with Gasteiger partial charge in [-0.2, -0.15) is 5.10 Å². The summed E-state index contributed by atoms with van der Waals surface area (Å²) in [6.07, 6.45) is 0. The van der Waals surface area contributed by atoms with Crippen LogP contribution >= 0.6 is 23.4 Å². The van der Waals surface area contributed by atoms with Crippen LogP contribution in [0, 0.1) is 0 Å². The van der Waals surface area contributed by atoms with E-state index >= 15 is 0 Å². The van der Waals surface area contributed by atoms with E-state index in [4.69, 9.17) is 17.4 Å². The van der Waals surface area contributed by atoms with Crippen molar-refractivity contribution >= 4 is 28.9 Å². The van der Waals surface area contributed by atoms with Crippen LogP contribution in [-0.4, -0.2) is 5.55 Å². The van der Waals surface area contributed by atoms with E-state index in [0.717, 1.165) is 9.92 Å². The average Bonchev–Trinajstić information content (AvgIpc) is 2.03. The molecule has 11 heavy (non-hydrogen) atoms. The first kappa shape index (κ1) is 8.43. The van der Waals surface area contributed by atoms with Crippen LogP contribution in [0.25, 0.3) is 0 Å². The fourth-order valence-electron chi connectivity index (χ4n) is 0.628. The van der Waals surface area contributed by atoms with Crippen LogP contribution in [0.4, 0.5) is 0 Å². The first-order chi connectivity index (χ1) is 5.34. The van der Waals surface area contributed by atoms with Crippen molar-refractivity contribution in [1.29, 1.82) is 0 Å². The molecule has 0 heterocycles. The Hall–Kier alpha value is -0.670. The Balaban J connectivity index is 2.77. The maximum absolute atomic E-state index is 5.84. The fourth-order valence-corrected chi connectivity index (χ4v) is 1.41. The maximum atomic E-state index is 5.84. The second kappa shape index (κ2) is 4.26. The number of hydrazone groups is 1. The fraction of sp³-hybridized carbons (Fsp3) is 0. The number of nitrogens with two attached hydrogens (primary N) is 1. The van der Waals surface area contributed by atoms with Gasteiger partial charge in [0.05, 0.1) is 10.6 Å². The molecule has 0 aliphatic heterocycles. The standard InChI is InChI=1S/C7H7ClN2S/c8-6-3-1-2-4-7(6)11-5-10-9/h1-5H,9H2/b10-5+. The molecular formula is C7H7ClN2S. The van der Waals surface area contributed by atoms with Gasteiger partial charge in [-0.1, -0.05) is 35.5 Å². The third-order valence-electron chi connectivity index (χ3n) is 1.08. The van der Waals surface area contributed by atoms with Crippen LogP contribution in [0.1, 0.15) is 0 Å². The van der Waals surface area contributed by atoms with Gasteiger partial charge in [0.2, 0.25) is 0 Å². The molecule has 0 saturated carbocycles. The molecule has 1 aromatic rings. The third kappa shape index (κ3) is 2.44. The zero-order valence-electron chi connectivity index (χ0n) is 5.70. The Morgan fingerprint density at radius 1 is 1.45 bits per heavy atom. The number of halogens is 1. The van der Waals surface area contributed by atoms with Crippen molar-refractivity contribution in [2.75, 3.05) is 0 Å². The van der Waals surface area contributed by atoms with E-state index in [1.807, 2.05) is 24.3 Å². The summed E-state index contributed by atoms with van der Waals surface area (Å²) in [6, 6.07) is 7.54. The molecule has 0 fully saturated rings. The second-order valence-electron chi connectivity index (χ2n) is 1.80. The number of hydrogen-bond donors (Lipinski definition) is 1. The maximum Gasteiger partial charge on any atom is 0.0843 e. The van der Waals surface area contributed by atoms with E-state index in [0.29, 0.717) is 0 Å². The number of nitrogens with zero attached hydrogens (tertiary/aromatic N) is 1. The minimum absolute atomic E-state index is 0.720. The molecule has 0 radical (unpaired) electrons. The molecule has 0 unspecified atom stereocenters. The Bertz CT molecular complexity index is 262. The van der Waals surface area contributed by atoms with Gasteiger partial charge in [-0.15, -0.1) is 0 Å². The molecule has 4 heteroatoms.